The van der Waals surface area contributed by atoms with E-state index in [1.807, 2.05) is 0 Å². The number of rotatable bonds is 12. The van der Waals surface area contributed by atoms with Gasteiger partial charge in [-0.25, -0.2) is 4.79 Å². The predicted octanol–water partition coefficient (Wildman–Crippen LogP) is 2.94. The fourth-order valence-electron chi connectivity index (χ4n) is 1.95. The van der Waals surface area contributed by atoms with Gasteiger partial charge in [0, 0.05) is 6.42 Å². The maximum absolute atomic E-state index is 11.4. The van der Waals surface area contributed by atoms with E-state index in [-0.39, 0.29) is 29.6 Å². The summed E-state index contributed by atoms with van der Waals surface area (Å²) in [4.78, 5) is 22.7. The summed E-state index contributed by atoms with van der Waals surface area (Å²) in [6.45, 7) is 3.90. The second-order valence-electron chi connectivity index (χ2n) is 5.38. The Morgan fingerprint density at radius 2 is 1.43 bits per heavy atom. The van der Waals surface area contributed by atoms with E-state index in [0.717, 1.165) is 12.8 Å². The molecule has 0 radical (unpaired) electrons. The van der Waals surface area contributed by atoms with E-state index < -0.39 is 18.0 Å². The number of hydrogen-bond acceptors (Lipinski definition) is 4. The van der Waals surface area contributed by atoms with Crippen LogP contribution >= 0.6 is 0 Å². The maximum atomic E-state index is 11.4. The van der Waals surface area contributed by atoms with Crippen LogP contribution < -0.4 is 5.32 Å². The van der Waals surface area contributed by atoms with E-state index in [4.69, 9.17) is 4.74 Å². The van der Waals surface area contributed by atoms with Gasteiger partial charge in [-0.05, 0) is 20.4 Å². The average molecular weight is 309 g/mol. The van der Waals surface area contributed by atoms with Gasteiger partial charge < -0.3 is 10.1 Å². The molecule has 21 heavy (non-hydrogen) atoms. The van der Waals surface area contributed by atoms with Gasteiger partial charge in [-0.1, -0.05) is 58.3 Å². The number of ether oxygens (including phenoxy) is 1. The van der Waals surface area contributed by atoms with Crippen molar-refractivity contribution in [3.8, 4) is 0 Å². The number of esters is 2. The standard InChI is InChI=1S/C16H31NO3.Na.H/c1-4-5-6-7-8-9-10-11-12-13-15(18)20-16(19)14(2)17-3;;/h14,17H,4-13H2,1-3H3;;. The number of carbonyl (C=O) groups excluding carboxylic acids is 2. The predicted molar refractivity (Wildman–Crippen MR) is 88.6 cm³/mol. The fraction of sp³-hybridized carbons (Fsp3) is 0.875. The molecule has 0 aromatic carbocycles. The van der Waals surface area contributed by atoms with Crippen LogP contribution in [0, 0.1) is 0 Å². The Morgan fingerprint density at radius 1 is 0.952 bits per heavy atom. The number of nitrogens with one attached hydrogen (secondary N) is 1. The van der Waals surface area contributed by atoms with Crippen LogP contribution in [-0.4, -0.2) is 54.6 Å². The van der Waals surface area contributed by atoms with E-state index in [1.54, 1.807) is 14.0 Å². The summed E-state index contributed by atoms with van der Waals surface area (Å²) in [5, 5.41) is 2.75. The van der Waals surface area contributed by atoms with Gasteiger partial charge in [0.05, 0.1) is 0 Å². The molecule has 4 nitrogen and oxygen atoms in total. The van der Waals surface area contributed by atoms with E-state index in [2.05, 4.69) is 12.2 Å². The molecule has 0 aromatic heterocycles. The molecule has 5 heteroatoms. The molecule has 0 aliphatic carbocycles. The minimum absolute atomic E-state index is 0. The van der Waals surface area contributed by atoms with Crippen molar-refractivity contribution in [3.63, 3.8) is 0 Å². The second-order valence-corrected chi connectivity index (χ2v) is 5.38. The molecule has 0 aliphatic heterocycles. The van der Waals surface area contributed by atoms with Crippen molar-refractivity contribution in [2.45, 2.75) is 84.1 Å². The van der Waals surface area contributed by atoms with Crippen molar-refractivity contribution in [2.75, 3.05) is 7.05 Å². The Labute approximate surface area is 152 Å². The molecule has 1 atom stereocenters. The summed E-state index contributed by atoms with van der Waals surface area (Å²) in [5.41, 5.74) is 0. The molecule has 0 heterocycles. The van der Waals surface area contributed by atoms with E-state index in [1.165, 1.54) is 44.9 Å². The molecule has 0 saturated carbocycles. The molecule has 0 spiro atoms. The topological polar surface area (TPSA) is 55.4 Å². The van der Waals surface area contributed by atoms with Crippen LogP contribution in [0.2, 0.25) is 0 Å². The fourth-order valence-corrected chi connectivity index (χ4v) is 1.95. The van der Waals surface area contributed by atoms with Gasteiger partial charge in [-0.2, -0.15) is 0 Å². The summed E-state index contributed by atoms with van der Waals surface area (Å²) in [5.74, 6) is -0.895. The summed E-state index contributed by atoms with van der Waals surface area (Å²) in [6.07, 6.45) is 11.2. The Morgan fingerprint density at radius 3 is 1.90 bits per heavy atom. The number of likely N-dealkylation sites (N-methyl/N-ethyl adjacent to an activating group) is 1. The van der Waals surface area contributed by atoms with Crippen LogP contribution in [-0.2, 0) is 14.3 Å². The third-order valence-electron chi connectivity index (χ3n) is 3.49. The Bertz CT molecular complexity index is 272. The first kappa shape index (κ1) is 23.4. The molecule has 0 aromatic rings. The zero-order chi connectivity index (χ0) is 15.2. The van der Waals surface area contributed by atoms with Crippen molar-refractivity contribution in [1.29, 1.82) is 0 Å². The van der Waals surface area contributed by atoms with Crippen LogP contribution in [0.25, 0.3) is 0 Å². The molecule has 0 fully saturated rings. The van der Waals surface area contributed by atoms with Crippen LogP contribution in [0.3, 0.4) is 0 Å². The van der Waals surface area contributed by atoms with Crippen molar-refractivity contribution < 1.29 is 14.3 Å². The zero-order valence-electron chi connectivity index (χ0n) is 13.4. The number of hydrogen-bond donors (Lipinski definition) is 1. The minimum atomic E-state index is -0.492. The molecule has 1 unspecified atom stereocenters. The Kier molecular flexibility index (Phi) is 18.3. The van der Waals surface area contributed by atoms with Crippen LogP contribution in [0.4, 0.5) is 0 Å². The zero-order valence-corrected chi connectivity index (χ0v) is 13.4. The number of carbonyl (C=O) groups is 2. The Hall–Kier alpha value is 0.1000. The van der Waals surface area contributed by atoms with Crippen molar-refractivity contribution in [3.05, 3.63) is 0 Å². The molecule has 0 rings (SSSR count). The summed E-state index contributed by atoms with van der Waals surface area (Å²) in [6, 6.07) is -0.429. The number of unbranched alkanes of at least 4 members (excludes halogenated alkanes) is 8. The van der Waals surface area contributed by atoms with Gasteiger partial charge in [-0.15, -0.1) is 0 Å². The van der Waals surface area contributed by atoms with Gasteiger partial charge in [0.15, 0.2) is 0 Å². The second kappa shape index (κ2) is 16.5. The summed E-state index contributed by atoms with van der Waals surface area (Å²) < 4.78 is 4.73. The van der Waals surface area contributed by atoms with Crippen LogP contribution in [0.1, 0.15) is 78.1 Å². The van der Waals surface area contributed by atoms with E-state index in [9.17, 15) is 9.59 Å². The quantitative estimate of drug-likeness (QED) is 0.261. The van der Waals surface area contributed by atoms with Gasteiger partial charge in [0.2, 0.25) is 0 Å². The summed E-state index contributed by atoms with van der Waals surface area (Å²) >= 11 is 0. The molecule has 1 N–H and O–H groups in total. The molecule has 120 valence electrons. The molecule has 0 bridgehead atoms. The first-order valence-corrected chi connectivity index (χ1v) is 8.03. The van der Waals surface area contributed by atoms with Crippen molar-refractivity contribution in [2.24, 2.45) is 0 Å². The monoisotopic (exact) mass is 309 g/mol. The SMILES string of the molecule is CCCCCCCCCCCC(=O)OC(=O)C(C)NC.[NaH]. The van der Waals surface area contributed by atoms with E-state index in [0.29, 0.717) is 6.42 Å². The molecular formula is C16H32NNaO3. The Balaban J connectivity index is 0. The molecule has 0 amide bonds. The van der Waals surface area contributed by atoms with Gasteiger partial charge in [-0.3, -0.25) is 4.79 Å². The van der Waals surface area contributed by atoms with Crippen LogP contribution in [0.15, 0.2) is 0 Å². The van der Waals surface area contributed by atoms with Crippen molar-refractivity contribution >= 4 is 41.5 Å². The molecule has 0 aliphatic rings. The van der Waals surface area contributed by atoms with Crippen LogP contribution in [0.5, 0.6) is 0 Å². The van der Waals surface area contributed by atoms with Gasteiger partial charge in [0.25, 0.3) is 0 Å². The molecule has 0 saturated heterocycles. The first-order valence-electron chi connectivity index (χ1n) is 8.03. The summed E-state index contributed by atoms with van der Waals surface area (Å²) in [7, 11) is 1.66. The third-order valence-corrected chi connectivity index (χ3v) is 3.49. The third kappa shape index (κ3) is 14.8. The normalized spacial score (nSPS) is 11.6. The molecular weight excluding hydrogens is 277 g/mol. The van der Waals surface area contributed by atoms with Crippen molar-refractivity contribution in [1.82, 2.24) is 5.32 Å². The van der Waals surface area contributed by atoms with Gasteiger partial charge >= 0.3 is 41.5 Å². The van der Waals surface area contributed by atoms with E-state index >= 15 is 0 Å². The van der Waals surface area contributed by atoms with Gasteiger partial charge in [0.1, 0.15) is 6.04 Å². The average Bonchev–Trinajstić information content (AvgIpc) is 2.44. The first-order chi connectivity index (χ1) is 9.61.